The summed E-state index contributed by atoms with van der Waals surface area (Å²) in [5.41, 5.74) is 1.99. The van der Waals surface area contributed by atoms with Crippen molar-refractivity contribution >= 4 is 11.8 Å². The topological polar surface area (TPSA) is 49.4 Å². The van der Waals surface area contributed by atoms with Crippen LogP contribution in [0.3, 0.4) is 0 Å². The summed E-state index contributed by atoms with van der Waals surface area (Å²) >= 11 is 0. The molecular weight excluding hydrogens is 336 g/mol. The lowest BCUT2D eigenvalue weighted by Crippen LogP contribution is -2.48. The number of hydrogen-bond acceptors (Lipinski definition) is 2. The first-order valence-corrected chi connectivity index (χ1v) is 9.44. The second-order valence-corrected chi connectivity index (χ2v) is 7.77. The molecule has 0 aliphatic rings. The fraction of sp³-hybridized carbons (Fsp3) is 0.391. The van der Waals surface area contributed by atoms with E-state index in [4.69, 9.17) is 0 Å². The number of carbonyl (C=O) groups excluding carboxylic acids is 2. The monoisotopic (exact) mass is 366 g/mol. The van der Waals surface area contributed by atoms with Gasteiger partial charge >= 0.3 is 0 Å². The minimum atomic E-state index is -0.257. The Balaban J connectivity index is 2.01. The first-order chi connectivity index (χ1) is 12.8. The van der Waals surface area contributed by atoms with Crippen LogP contribution in [0.15, 0.2) is 60.7 Å². The molecule has 0 atom stereocenters. The zero-order chi connectivity index (χ0) is 19.9. The second kappa shape index (κ2) is 9.36. The van der Waals surface area contributed by atoms with Crippen LogP contribution in [-0.2, 0) is 9.59 Å². The smallest absolute Gasteiger partial charge is 0.221 e. The summed E-state index contributed by atoms with van der Waals surface area (Å²) in [4.78, 5) is 26.2. The van der Waals surface area contributed by atoms with E-state index in [0.717, 1.165) is 11.1 Å². The molecule has 1 N–H and O–H groups in total. The number of hydrogen-bond donors (Lipinski definition) is 1. The Bertz CT molecular complexity index is 696. The summed E-state index contributed by atoms with van der Waals surface area (Å²) in [5.74, 6) is 0.0206. The summed E-state index contributed by atoms with van der Waals surface area (Å²) < 4.78 is 0. The van der Waals surface area contributed by atoms with E-state index in [0.29, 0.717) is 19.5 Å². The Morgan fingerprint density at radius 1 is 0.926 bits per heavy atom. The van der Waals surface area contributed by atoms with E-state index in [9.17, 15) is 9.59 Å². The first-order valence-electron chi connectivity index (χ1n) is 9.44. The van der Waals surface area contributed by atoms with Gasteiger partial charge in [0.25, 0.3) is 0 Å². The predicted octanol–water partition coefficient (Wildman–Crippen LogP) is 3.97. The Morgan fingerprint density at radius 3 is 1.81 bits per heavy atom. The first kappa shape index (κ1) is 20.7. The standard InChI is InChI=1S/C23H30N2O2/c1-18(26)25(23(2,3)4)16-15-24-22(27)17-21(19-11-7-5-8-12-19)20-13-9-6-10-14-20/h5-14,21H,15-17H2,1-4H3,(H,24,27). The largest absolute Gasteiger partial charge is 0.354 e. The zero-order valence-corrected chi connectivity index (χ0v) is 16.7. The molecule has 0 saturated carbocycles. The number of nitrogens with zero attached hydrogens (tertiary/aromatic N) is 1. The molecule has 0 spiro atoms. The molecule has 2 aromatic rings. The predicted molar refractivity (Wildman–Crippen MR) is 109 cm³/mol. The highest BCUT2D eigenvalue weighted by Crippen LogP contribution is 2.27. The fourth-order valence-electron chi connectivity index (χ4n) is 3.33. The Labute approximate surface area is 162 Å². The van der Waals surface area contributed by atoms with Crippen molar-refractivity contribution in [3.05, 3.63) is 71.8 Å². The third kappa shape index (κ3) is 6.24. The van der Waals surface area contributed by atoms with Crippen LogP contribution in [0.25, 0.3) is 0 Å². The van der Waals surface area contributed by atoms with Crippen LogP contribution in [0.5, 0.6) is 0 Å². The van der Waals surface area contributed by atoms with E-state index < -0.39 is 0 Å². The molecule has 4 heteroatoms. The summed E-state index contributed by atoms with van der Waals surface area (Å²) in [5, 5.41) is 2.98. The van der Waals surface area contributed by atoms with Crippen LogP contribution in [0.2, 0.25) is 0 Å². The van der Waals surface area contributed by atoms with Gasteiger partial charge in [0.15, 0.2) is 0 Å². The number of carbonyl (C=O) groups is 2. The van der Waals surface area contributed by atoms with Crippen LogP contribution in [-0.4, -0.2) is 35.3 Å². The molecule has 0 aromatic heterocycles. The minimum absolute atomic E-state index is 0.00915. The maximum Gasteiger partial charge on any atom is 0.221 e. The zero-order valence-electron chi connectivity index (χ0n) is 16.7. The van der Waals surface area contributed by atoms with Gasteiger partial charge in [-0.3, -0.25) is 9.59 Å². The molecule has 0 heterocycles. The molecule has 0 aliphatic heterocycles. The molecule has 2 amide bonds. The highest BCUT2D eigenvalue weighted by atomic mass is 16.2. The van der Waals surface area contributed by atoms with Gasteiger partial charge in [-0.25, -0.2) is 0 Å². The van der Waals surface area contributed by atoms with Gasteiger partial charge in [-0.15, -0.1) is 0 Å². The average Bonchev–Trinajstić information content (AvgIpc) is 2.63. The van der Waals surface area contributed by atoms with E-state index in [2.05, 4.69) is 29.6 Å². The van der Waals surface area contributed by atoms with Crippen LogP contribution < -0.4 is 5.32 Å². The van der Waals surface area contributed by atoms with Crippen molar-refractivity contribution in [3.63, 3.8) is 0 Å². The third-order valence-corrected chi connectivity index (χ3v) is 4.64. The van der Waals surface area contributed by atoms with Crippen molar-refractivity contribution in [1.82, 2.24) is 10.2 Å². The summed E-state index contributed by atoms with van der Waals surface area (Å²) in [6, 6.07) is 20.2. The molecule has 2 aromatic carbocycles. The normalized spacial score (nSPS) is 11.3. The minimum Gasteiger partial charge on any atom is -0.354 e. The SMILES string of the molecule is CC(=O)N(CCNC(=O)CC(c1ccccc1)c1ccccc1)C(C)(C)C. The van der Waals surface area contributed by atoms with Gasteiger partial charge in [-0.05, 0) is 31.9 Å². The number of benzene rings is 2. The van der Waals surface area contributed by atoms with Gasteiger partial charge in [0.2, 0.25) is 11.8 Å². The van der Waals surface area contributed by atoms with E-state index in [1.54, 1.807) is 11.8 Å². The molecule has 0 unspecified atom stereocenters. The van der Waals surface area contributed by atoms with Gasteiger partial charge in [0.1, 0.15) is 0 Å². The summed E-state index contributed by atoms with van der Waals surface area (Å²) in [7, 11) is 0. The molecule has 27 heavy (non-hydrogen) atoms. The van der Waals surface area contributed by atoms with Crippen molar-refractivity contribution < 1.29 is 9.59 Å². The molecule has 4 nitrogen and oxygen atoms in total. The van der Waals surface area contributed by atoms with E-state index in [1.165, 1.54) is 0 Å². The van der Waals surface area contributed by atoms with Crippen molar-refractivity contribution in [2.24, 2.45) is 0 Å². The van der Waals surface area contributed by atoms with Crippen LogP contribution >= 0.6 is 0 Å². The maximum atomic E-state index is 12.6. The Kier molecular flexibility index (Phi) is 7.17. The summed E-state index contributed by atoms with van der Waals surface area (Å²) in [6.07, 6.45) is 0.379. The van der Waals surface area contributed by atoms with Gasteiger partial charge in [0.05, 0.1) is 0 Å². The van der Waals surface area contributed by atoms with Crippen molar-refractivity contribution in [2.75, 3.05) is 13.1 Å². The van der Waals surface area contributed by atoms with Crippen LogP contribution in [0.1, 0.15) is 51.2 Å². The lowest BCUT2D eigenvalue weighted by atomic mass is 9.88. The van der Waals surface area contributed by atoms with Crippen molar-refractivity contribution in [2.45, 2.75) is 45.6 Å². The number of amides is 2. The molecule has 0 radical (unpaired) electrons. The van der Waals surface area contributed by atoms with Crippen LogP contribution in [0, 0.1) is 0 Å². The van der Waals surface area contributed by atoms with Crippen LogP contribution in [0.4, 0.5) is 0 Å². The molecule has 0 saturated heterocycles. The molecule has 0 aliphatic carbocycles. The van der Waals surface area contributed by atoms with Gasteiger partial charge < -0.3 is 10.2 Å². The van der Waals surface area contributed by atoms with E-state index in [-0.39, 0.29) is 23.3 Å². The lowest BCUT2D eigenvalue weighted by molar-refractivity contribution is -0.134. The quantitative estimate of drug-likeness (QED) is 0.806. The Morgan fingerprint density at radius 2 is 1.41 bits per heavy atom. The molecule has 0 fully saturated rings. The van der Waals surface area contributed by atoms with Gasteiger partial charge in [-0.2, -0.15) is 0 Å². The highest BCUT2D eigenvalue weighted by Gasteiger charge is 2.23. The lowest BCUT2D eigenvalue weighted by Gasteiger charge is -2.35. The van der Waals surface area contributed by atoms with E-state index >= 15 is 0 Å². The highest BCUT2D eigenvalue weighted by molar-refractivity contribution is 5.78. The molecule has 144 valence electrons. The van der Waals surface area contributed by atoms with Gasteiger partial charge in [0, 0.05) is 37.9 Å². The number of rotatable bonds is 7. The molecule has 2 rings (SSSR count). The van der Waals surface area contributed by atoms with Crippen molar-refractivity contribution in [1.29, 1.82) is 0 Å². The molecular formula is C23H30N2O2. The average molecular weight is 367 g/mol. The second-order valence-electron chi connectivity index (χ2n) is 7.77. The molecule has 0 bridgehead atoms. The summed E-state index contributed by atoms with van der Waals surface area (Å²) in [6.45, 7) is 8.51. The third-order valence-electron chi connectivity index (χ3n) is 4.64. The number of nitrogens with one attached hydrogen (secondary N) is 1. The Hall–Kier alpha value is -2.62. The maximum absolute atomic E-state index is 12.6. The van der Waals surface area contributed by atoms with Gasteiger partial charge in [-0.1, -0.05) is 60.7 Å². The van der Waals surface area contributed by atoms with E-state index in [1.807, 2.05) is 57.2 Å². The fourth-order valence-corrected chi connectivity index (χ4v) is 3.33. The van der Waals surface area contributed by atoms with Crippen molar-refractivity contribution in [3.8, 4) is 0 Å².